The van der Waals surface area contributed by atoms with Crippen LogP contribution in [-0.4, -0.2) is 30.7 Å². The van der Waals surface area contributed by atoms with E-state index in [0.29, 0.717) is 37.4 Å². The summed E-state index contributed by atoms with van der Waals surface area (Å²) in [5.74, 6) is 0.121. The van der Waals surface area contributed by atoms with Crippen LogP contribution in [0.3, 0.4) is 0 Å². The van der Waals surface area contributed by atoms with E-state index in [0.717, 1.165) is 17.8 Å². The van der Waals surface area contributed by atoms with Crippen molar-refractivity contribution in [2.24, 2.45) is 0 Å². The zero-order chi connectivity index (χ0) is 20.7. The predicted molar refractivity (Wildman–Crippen MR) is 113 cm³/mol. The number of nitrogens with zero attached hydrogens (tertiary/aromatic N) is 5. The Morgan fingerprint density at radius 2 is 2.03 bits per heavy atom. The molecule has 1 aromatic carbocycles. The summed E-state index contributed by atoms with van der Waals surface area (Å²) in [4.78, 5) is 29.6. The van der Waals surface area contributed by atoms with E-state index in [1.54, 1.807) is 0 Å². The molecule has 3 aromatic heterocycles. The molecule has 0 radical (unpaired) electrons. The Bertz CT molecular complexity index is 1300. The fraction of sp³-hybridized carbons (Fsp3) is 0.222. The van der Waals surface area contributed by atoms with E-state index in [1.165, 1.54) is 69.3 Å². The first-order valence-corrected chi connectivity index (χ1v) is 11.6. The first kappa shape index (κ1) is 19.3. The fourth-order valence-corrected chi connectivity index (χ4v) is 5.40. The summed E-state index contributed by atoms with van der Waals surface area (Å²) in [5, 5.41) is 16.3. The molecular formula is C18H13FN6O2S3. The second-order valence-corrected chi connectivity index (χ2v) is 9.81. The molecule has 0 atom stereocenters. The number of fused-ring (bicyclic) bond motifs is 1. The topological polar surface area (TPSA) is 102 Å². The molecule has 3 heterocycles. The maximum absolute atomic E-state index is 13.0. The van der Waals surface area contributed by atoms with Gasteiger partial charge < -0.3 is 0 Å². The van der Waals surface area contributed by atoms with Gasteiger partial charge in [0.1, 0.15) is 10.8 Å². The van der Waals surface area contributed by atoms with E-state index in [1.807, 2.05) is 0 Å². The third-order valence-electron chi connectivity index (χ3n) is 4.32. The van der Waals surface area contributed by atoms with E-state index >= 15 is 0 Å². The van der Waals surface area contributed by atoms with Gasteiger partial charge >= 0.3 is 0 Å². The number of anilines is 1. The number of halogens is 1. The van der Waals surface area contributed by atoms with Gasteiger partial charge in [-0.1, -0.05) is 34.4 Å². The highest BCUT2D eigenvalue weighted by atomic mass is 32.2. The van der Waals surface area contributed by atoms with E-state index in [9.17, 15) is 14.0 Å². The zero-order valence-corrected chi connectivity index (χ0v) is 17.7. The predicted octanol–water partition coefficient (Wildman–Crippen LogP) is 3.56. The number of rotatable bonds is 6. The van der Waals surface area contributed by atoms with Crippen molar-refractivity contribution in [1.82, 2.24) is 24.8 Å². The van der Waals surface area contributed by atoms with Gasteiger partial charge in [-0.3, -0.25) is 14.9 Å². The maximum atomic E-state index is 13.0. The van der Waals surface area contributed by atoms with Crippen molar-refractivity contribution in [1.29, 1.82) is 0 Å². The Kier molecular flexibility index (Phi) is 5.05. The quantitative estimate of drug-likeness (QED) is 0.347. The summed E-state index contributed by atoms with van der Waals surface area (Å²) in [6.45, 7) is 0. The number of aromatic nitrogens is 5. The van der Waals surface area contributed by atoms with Crippen molar-refractivity contribution < 1.29 is 9.18 Å². The number of hydrogen-bond acceptors (Lipinski definition) is 9. The van der Waals surface area contributed by atoms with E-state index in [-0.39, 0.29) is 11.5 Å². The van der Waals surface area contributed by atoms with Crippen molar-refractivity contribution in [2.75, 3.05) is 5.32 Å². The molecule has 1 saturated carbocycles. The Hall–Kier alpha value is -2.70. The van der Waals surface area contributed by atoms with Gasteiger partial charge in [0.25, 0.3) is 11.5 Å². The second-order valence-electron chi connectivity index (χ2n) is 6.62. The average Bonchev–Trinajstić information content (AvgIpc) is 3.33. The van der Waals surface area contributed by atoms with Gasteiger partial charge in [0.05, 0.1) is 5.69 Å². The monoisotopic (exact) mass is 460 g/mol. The third kappa shape index (κ3) is 4.11. The minimum absolute atomic E-state index is 0.191. The summed E-state index contributed by atoms with van der Waals surface area (Å²) >= 11 is 4.06. The Balaban J connectivity index is 1.25. The van der Waals surface area contributed by atoms with Gasteiger partial charge in [0.2, 0.25) is 10.1 Å². The smallest absolute Gasteiger partial charge is 0.275 e. The summed E-state index contributed by atoms with van der Waals surface area (Å²) in [6, 6.07) is 6.72. The van der Waals surface area contributed by atoms with E-state index < -0.39 is 5.82 Å². The molecule has 12 heteroatoms. The minimum atomic E-state index is -0.408. The van der Waals surface area contributed by atoms with Crippen LogP contribution in [0.1, 0.15) is 39.8 Å². The van der Waals surface area contributed by atoms with Gasteiger partial charge in [-0.25, -0.2) is 9.37 Å². The number of hydrogen-bond donors (Lipinski definition) is 1. The number of carbonyl (C=O) groups is 1. The van der Waals surface area contributed by atoms with Gasteiger partial charge in [0, 0.05) is 23.3 Å². The van der Waals surface area contributed by atoms with E-state index in [4.69, 9.17) is 0 Å². The summed E-state index contributed by atoms with van der Waals surface area (Å²) in [6.07, 6.45) is 2.24. The first-order valence-electron chi connectivity index (χ1n) is 8.98. The highest BCUT2D eigenvalue weighted by molar-refractivity contribution is 8.00. The van der Waals surface area contributed by atoms with Crippen molar-refractivity contribution in [3.05, 3.63) is 62.8 Å². The fourth-order valence-electron chi connectivity index (χ4n) is 2.67. The van der Waals surface area contributed by atoms with Gasteiger partial charge in [-0.05, 0) is 37.1 Å². The van der Waals surface area contributed by atoms with Crippen LogP contribution < -0.4 is 10.9 Å². The number of nitrogens with one attached hydrogen (secondary N) is 1. The molecule has 0 bridgehead atoms. The summed E-state index contributed by atoms with van der Waals surface area (Å²) in [5.41, 5.74) is 0.778. The molecule has 152 valence electrons. The molecule has 1 N–H and O–H groups in total. The lowest BCUT2D eigenvalue weighted by Gasteiger charge is -2.00. The second kappa shape index (κ2) is 7.85. The van der Waals surface area contributed by atoms with Crippen LogP contribution >= 0.6 is 34.4 Å². The van der Waals surface area contributed by atoms with Crippen LogP contribution in [-0.2, 0) is 5.75 Å². The van der Waals surface area contributed by atoms with Gasteiger partial charge in [-0.2, -0.15) is 9.61 Å². The molecule has 1 aliphatic carbocycles. The van der Waals surface area contributed by atoms with Gasteiger partial charge in [0.15, 0.2) is 4.34 Å². The molecule has 4 aromatic rings. The number of carbonyl (C=O) groups excluding carboxylic acids is 1. The normalized spacial score (nSPS) is 13.6. The van der Waals surface area contributed by atoms with Crippen molar-refractivity contribution in [2.45, 2.75) is 28.9 Å². The molecule has 30 heavy (non-hydrogen) atoms. The molecule has 1 aliphatic rings. The van der Waals surface area contributed by atoms with Crippen LogP contribution in [0, 0.1) is 5.82 Å². The minimum Gasteiger partial charge on any atom is -0.296 e. The Morgan fingerprint density at radius 3 is 2.80 bits per heavy atom. The van der Waals surface area contributed by atoms with Crippen molar-refractivity contribution >= 4 is 50.4 Å². The standard InChI is InChI=1S/C18H13FN6O2S3/c19-11-5-3-9(4-6-11)14(27)21-16-22-23-18(30-16)28-8-12-7-13(26)25-17(20-12)29-15(24-25)10-1-2-10/h3-7,10H,1-2,8H2,(H,21,22,27). The molecule has 0 aliphatic heterocycles. The lowest BCUT2D eigenvalue weighted by atomic mass is 10.2. The number of benzene rings is 1. The van der Waals surface area contributed by atoms with Crippen LogP contribution in [0.2, 0.25) is 0 Å². The van der Waals surface area contributed by atoms with E-state index in [2.05, 4.69) is 25.6 Å². The van der Waals surface area contributed by atoms with Crippen LogP contribution in [0.25, 0.3) is 4.96 Å². The zero-order valence-electron chi connectivity index (χ0n) is 15.2. The average molecular weight is 461 g/mol. The first-order chi connectivity index (χ1) is 14.5. The summed E-state index contributed by atoms with van der Waals surface area (Å²) < 4.78 is 15.0. The molecule has 5 rings (SSSR count). The highest BCUT2D eigenvalue weighted by Crippen LogP contribution is 2.41. The molecule has 1 fully saturated rings. The lowest BCUT2D eigenvalue weighted by Crippen LogP contribution is -2.15. The van der Waals surface area contributed by atoms with Crippen LogP contribution in [0.5, 0.6) is 0 Å². The third-order valence-corrected chi connectivity index (χ3v) is 7.39. The Morgan fingerprint density at radius 1 is 1.23 bits per heavy atom. The Labute approximate surface area is 181 Å². The van der Waals surface area contributed by atoms with Crippen LogP contribution in [0.15, 0.2) is 39.5 Å². The largest absolute Gasteiger partial charge is 0.296 e. The maximum Gasteiger partial charge on any atom is 0.275 e. The highest BCUT2D eigenvalue weighted by Gasteiger charge is 2.28. The molecule has 0 spiro atoms. The molecular weight excluding hydrogens is 447 g/mol. The lowest BCUT2D eigenvalue weighted by molar-refractivity contribution is 0.102. The van der Waals surface area contributed by atoms with Crippen molar-refractivity contribution in [3.8, 4) is 0 Å². The number of thioether (sulfide) groups is 1. The molecule has 8 nitrogen and oxygen atoms in total. The SMILES string of the molecule is O=C(Nc1nnc(SCc2cc(=O)n3nc(C4CC4)sc3n2)s1)c1ccc(F)cc1. The van der Waals surface area contributed by atoms with Crippen LogP contribution in [0.4, 0.5) is 9.52 Å². The summed E-state index contributed by atoms with van der Waals surface area (Å²) in [7, 11) is 0. The number of amides is 1. The molecule has 0 saturated heterocycles. The molecule has 1 amide bonds. The molecule has 0 unspecified atom stereocenters. The van der Waals surface area contributed by atoms with Crippen molar-refractivity contribution in [3.63, 3.8) is 0 Å². The van der Waals surface area contributed by atoms with Gasteiger partial charge in [-0.15, -0.1) is 10.2 Å².